The summed E-state index contributed by atoms with van der Waals surface area (Å²) in [7, 11) is 0. The molecule has 2 rings (SSSR count). The molecule has 0 fully saturated rings. The number of hydrogen-bond acceptors (Lipinski definition) is 1. The van der Waals surface area contributed by atoms with Crippen molar-refractivity contribution in [2.24, 2.45) is 0 Å². The van der Waals surface area contributed by atoms with E-state index in [2.05, 4.69) is 144 Å². The summed E-state index contributed by atoms with van der Waals surface area (Å²) in [5.41, 5.74) is 2.53. The second-order valence-corrected chi connectivity index (χ2v) is 20.9. The van der Waals surface area contributed by atoms with Gasteiger partial charge in [-0.2, -0.15) is 0 Å². The molecule has 0 spiro atoms. The quantitative estimate of drug-likeness (QED) is 0.245. The Balaban J connectivity index is 2.16. The topological polar surface area (TPSA) is 9.23 Å². The molecule has 7 heteroatoms. The third-order valence-corrected chi connectivity index (χ3v) is 5.86. The molecule has 0 aliphatic heterocycles. The minimum atomic E-state index is -0.349. The van der Waals surface area contributed by atoms with E-state index in [0.717, 1.165) is 25.7 Å². The van der Waals surface area contributed by atoms with Gasteiger partial charge in [0.15, 0.2) is 0 Å². The molecule has 0 saturated heterocycles. The van der Waals surface area contributed by atoms with Gasteiger partial charge >= 0.3 is 0 Å². The maximum absolute atomic E-state index is 6.63. The Morgan fingerprint density at radius 2 is 0.926 bits per heavy atom. The van der Waals surface area contributed by atoms with Gasteiger partial charge in [0, 0.05) is 12.8 Å². The van der Waals surface area contributed by atoms with Crippen molar-refractivity contribution >= 4 is 95.6 Å². The monoisotopic (exact) mass is 750 g/mol. The van der Waals surface area contributed by atoms with Crippen LogP contribution in [-0.4, -0.2) is 16.5 Å². The number of benzene rings is 2. The fourth-order valence-corrected chi connectivity index (χ4v) is 5.05. The fraction of sp³-hybridized carbons (Fsp3) is 0.400. The van der Waals surface area contributed by atoms with Crippen molar-refractivity contribution in [1.29, 1.82) is 0 Å². The van der Waals surface area contributed by atoms with Crippen LogP contribution in [0.15, 0.2) is 60.7 Å². The Kier molecular flexibility index (Phi) is 10.6. The van der Waals surface area contributed by atoms with Crippen LogP contribution in [0, 0.1) is 0 Å². The maximum Gasteiger partial charge on any atom is 0.137 e. The fourth-order valence-electron chi connectivity index (χ4n) is 2.88. The summed E-state index contributed by atoms with van der Waals surface area (Å²) >= 11 is 21.8. The molecule has 148 valence electrons. The van der Waals surface area contributed by atoms with Gasteiger partial charge in [-0.05, 0) is 24.0 Å². The van der Waals surface area contributed by atoms with E-state index in [9.17, 15) is 0 Å². The van der Waals surface area contributed by atoms with Gasteiger partial charge in [-0.1, -0.05) is 156 Å². The second-order valence-electron chi connectivity index (χ2n) is 6.40. The van der Waals surface area contributed by atoms with E-state index in [4.69, 9.17) is 4.74 Å². The van der Waals surface area contributed by atoms with E-state index in [1.807, 2.05) is 12.1 Å². The van der Waals surface area contributed by atoms with Gasteiger partial charge in [-0.25, -0.2) is 0 Å². The SMILES string of the molecule is BrC(Br)(Br)CC(Cc1ccccc1)OC(Cc1ccccc1)CC(Br)(Br)Br. The molecule has 0 bridgehead atoms. The number of halogens is 6. The van der Waals surface area contributed by atoms with Gasteiger partial charge < -0.3 is 4.74 Å². The van der Waals surface area contributed by atoms with Crippen LogP contribution >= 0.6 is 95.6 Å². The number of hydrogen-bond donors (Lipinski definition) is 0. The molecule has 1 nitrogen and oxygen atoms in total. The molecule has 2 unspecified atom stereocenters. The van der Waals surface area contributed by atoms with Gasteiger partial charge in [0.05, 0.1) is 12.2 Å². The van der Waals surface area contributed by atoms with E-state index in [1.54, 1.807) is 0 Å². The summed E-state index contributed by atoms with van der Waals surface area (Å²) < 4.78 is 5.93. The molecule has 0 heterocycles. The van der Waals surface area contributed by atoms with Crippen molar-refractivity contribution < 1.29 is 4.74 Å². The molecule has 2 aromatic rings. The maximum atomic E-state index is 6.63. The lowest BCUT2D eigenvalue weighted by Crippen LogP contribution is -2.31. The van der Waals surface area contributed by atoms with Gasteiger partial charge in [0.25, 0.3) is 0 Å². The van der Waals surface area contributed by atoms with Crippen LogP contribution in [0.2, 0.25) is 0 Å². The molecule has 0 aromatic heterocycles. The average molecular weight is 756 g/mol. The molecule has 0 aliphatic rings. The predicted molar refractivity (Wildman–Crippen MR) is 137 cm³/mol. The lowest BCUT2D eigenvalue weighted by molar-refractivity contribution is -0.0159. The first-order chi connectivity index (χ1) is 12.6. The Labute approximate surface area is 212 Å². The average Bonchev–Trinajstić information content (AvgIpc) is 2.53. The van der Waals surface area contributed by atoms with Crippen molar-refractivity contribution in [3.63, 3.8) is 0 Å². The highest BCUT2D eigenvalue weighted by Crippen LogP contribution is 2.42. The van der Waals surface area contributed by atoms with Crippen LogP contribution < -0.4 is 0 Å². The van der Waals surface area contributed by atoms with E-state index >= 15 is 0 Å². The van der Waals surface area contributed by atoms with E-state index in [1.165, 1.54) is 11.1 Å². The summed E-state index contributed by atoms with van der Waals surface area (Å²) in [5.74, 6) is 0. The highest BCUT2D eigenvalue weighted by atomic mass is 80.0. The first-order valence-electron chi connectivity index (χ1n) is 8.47. The molecule has 2 atom stereocenters. The molecule has 0 aliphatic carbocycles. The second kappa shape index (κ2) is 11.6. The van der Waals surface area contributed by atoms with Crippen LogP contribution in [0.1, 0.15) is 24.0 Å². The summed E-state index contributed by atoms with van der Waals surface area (Å²) in [6.45, 7) is 0. The van der Waals surface area contributed by atoms with Crippen molar-refractivity contribution in [1.82, 2.24) is 0 Å². The zero-order chi connectivity index (χ0) is 19.9. The van der Waals surface area contributed by atoms with Crippen LogP contribution in [0.4, 0.5) is 0 Å². The summed E-state index contributed by atoms with van der Waals surface area (Å²) in [6.07, 6.45) is 3.30. The van der Waals surface area contributed by atoms with Gasteiger partial charge in [0.2, 0.25) is 0 Å². The molecule has 27 heavy (non-hydrogen) atoms. The standard InChI is InChI=1S/C20H20Br6O/c21-19(22,23)13-17(11-15-7-3-1-4-8-15)27-18(14-20(24,25)26)12-16-9-5-2-6-10-16/h1-10,17-18H,11-14H2. The van der Waals surface area contributed by atoms with E-state index in [0.29, 0.717) is 0 Å². The molecule has 0 amide bonds. The van der Waals surface area contributed by atoms with E-state index < -0.39 is 0 Å². The zero-order valence-corrected chi connectivity index (χ0v) is 23.9. The minimum absolute atomic E-state index is 0.0362. The predicted octanol–water partition coefficient (Wildman–Crippen LogP) is 8.68. The van der Waals surface area contributed by atoms with Crippen molar-refractivity contribution in [2.45, 2.75) is 42.2 Å². The summed E-state index contributed by atoms with van der Waals surface area (Å²) in [5, 5.41) is 0. The lowest BCUT2D eigenvalue weighted by Gasteiger charge is -2.30. The van der Waals surface area contributed by atoms with Crippen LogP contribution in [-0.2, 0) is 17.6 Å². The lowest BCUT2D eigenvalue weighted by atomic mass is 10.0. The third-order valence-electron chi connectivity index (χ3n) is 3.92. The Hall–Kier alpha value is 1.28. The Bertz CT molecular complexity index is 607. The van der Waals surface area contributed by atoms with Crippen molar-refractivity contribution in [2.75, 3.05) is 0 Å². The normalized spacial score (nSPS) is 14.7. The van der Waals surface area contributed by atoms with Crippen LogP contribution in [0.5, 0.6) is 0 Å². The first-order valence-corrected chi connectivity index (χ1v) is 13.2. The van der Waals surface area contributed by atoms with Gasteiger partial charge in [-0.15, -0.1) is 0 Å². The Morgan fingerprint density at radius 3 is 1.22 bits per heavy atom. The smallest absolute Gasteiger partial charge is 0.137 e. The molecule has 0 radical (unpaired) electrons. The van der Waals surface area contributed by atoms with Gasteiger partial charge in [-0.3, -0.25) is 0 Å². The first kappa shape index (κ1) is 24.5. The molecule has 0 saturated carbocycles. The third kappa shape index (κ3) is 11.3. The number of ether oxygens (including phenoxy) is 1. The number of alkyl halides is 6. The zero-order valence-electron chi connectivity index (χ0n) is 14.4. The number of rotatable bonds is 8. The van der Waals surface area contributed by atoms with E-state index in [-0.39, 0.29) is 16.5 Å². The highest BCUT2D eigenvalue weighted by molar-refractivity contribution is 9.39. The highest BCUT2D eigenvalue weighted by Gasteiger charge is 2.30. The van der Waals surface area contributed by atoms with Crippen LogP contribution in [0.25, 0.3) is 0 Å². The van der Waals surface area contributed by atoms with Crippen LogP contribution in [0.3, 0.4) is 0 Å². The molecular weight excluding hydrogens is 736 g/mol. The van der Waals surface area contributed by atoms with Gasteiger partial charge in [0.1, 0.15) is 4.29 Å². The molecular formula is C20H20Br6O. The largest absolute Gasteiger partial charge is 0.374 e. The molecule has 0 N–H and O–H groups in total. The Morgan fingerprint density at radius 1 is 0.593 bits per heavy atom. The summed E-state index contributed by atoms with van der Waals surface area (Å²) in [6, 6.07) is 20.9. The summed E-state index contributed by atoms with van der Waals surface area (Å²) in [4.78, 5) is 0. The minimum Gasteiger partial charge on any atom is -0.374 e. The van der Waals surface area contributed by atoms with Crippen molar-refractivity contribution in [3.05, 3.63) is 71.8 Å². The molecule has 2 aromatic carbocycles. The van der Waals surface area contributed by atoms with Crippen molar-refractivity contribution in [3.8, 4) is 0 Å².